The van der Waals surface area contributed by atoms with Gasteiger partial charge >= 0.3 is 0 Å². The number of hydrogen-bond acceptors (Lipinski definition) is 3. The lowest BCUT2D eigenvalue weighted by Crippen LogP contribution is -2.32. The van der Waals surface area contributed by atoms with Gasteiger partial charge in [0.05, 0.1) is 13.2 Å². The van der Waals surface area contributed by atoms with Crippen LogP contribution in [0.25, 0.3) is 0 Å². The lowest BCUT2D eigenvalue weighted by molar-refractivity contribution is 0.0934. The number of H-pyrrole nitrogens is 1. The molecule has 2 rings (SSSR count). The van der Waals surface area contributed by atoms with Gasteiger partial charge in [-0.1, -0.05) is 19.1 Å². The molecule has 0 bridgehead atoms. The highest BCUT2D eigenvalue weighted by molar-refractivity contribution is 5.94. The fraction of sp³-hybridized carbons (Fsp3) is 0.294. The van der Waals surface area contributed by atoms with E-state index in [0.717, 1.165) is 23.4 Å². The molecule has 1 atom stereocenters. The van der Waals surface area contributed by atoms with Crippen LogP contribution in [0.5, 0.6) is 5.75 Å². The van der Waals surface area contributed by atoms with Crippen LogP contribution in [0.2, 0.25) is 0 Å². The number of benzene rings is 1. The smallest absolute Gasteiger partial charge is 0.260 e. The highest BCUT2D eigenvalue weighted by atomic mass is 16.5. The molecule has 22 heavy (non-hydrogen) atoms. The van der Waals surface area contributed by atoms with Gasteiger partial charge in [0.2, 0.25) is 0 Å². The Bertz CT molecular complexity index is 705. The molecule has 0 saturated heterocycles. The summed E-state index contributed by atoms with van der Waals surface area (Å²) in [6.45, 7) is 3.75. The van der Waals surface area contributed by atoms with E-state index in [9.17, 15) is 9.59 Å². The van der Waals surface area contributed by atoms with Crippen molar-refractivity contribution >= 4 is 5.91 Å². The van der Waals surface area contributed by atoms with Gasteiger partial charge in [0.25, 0.3) is 11.5 Å². The summed E-state index contributed by atoms with van der Waals surface area (Å²) in [5.41, 5.74) is 1.45. The van der Waals surface area contributed by atoms with Crippen LogP contribution in [0.3, 0.4) is 0 Å². The summed E-state index contributed by atoms with van der Waals surface area (Å²) < 4.78 is 5.13. The number of nitrogens with one attached hydrogen (secondary N) is 2. The fourth-order valence-electron chi connectivity index (χ4n) is 2.24. The van der Waals surface area contributed by atoms with Crippen LogP contribution in [0.4, 0.5) is 0 Å². The number of amides is 1. The zero-order chi connectivity index (χ0) is 16.1. The lowest BCUT2D eigenvalue weighted by atomic mass is 10.0. The molecule has 0 saturated carbocycles. The maximum Gasteiger partial charge on any atom is 0.260 e. The van der Waals surface area contributed by atoms with Gasteiger partial charge in [-0.2, -0.15) is 0 Å². The molecule has 1 heterocycles. The maximum absolute atomic E-state index is 12.3. The normalized spacial score (nSPS) is 11.8. The molecular formula is C17H20N2O3. The summed E-state index contributed by atoms with van der Waals surface area (Å²) in [5.74, 6) is 0.392. The van der Waals surface area contributed by atoms with E-state index in [1.54, 1.807) is 26.2 Å². The van der Waals surface area contributed by atoms with Crippen LogP contribution in [0, 0.1) is 6.92 Å². The van der Waals surface area contributed by atoms with Gasteiger partial charge in [0, 0.05) is 5.69 Å². The van der Waals surface area contributed by atoms with E-state index >= 15 is 0 Å². The van der Waals surface area contributed by atoms with Gasteiger partial charge < -0.3 is 15.0 Å². The molecule has 1 aromatic carbocycles. The van der Waals surface area contributed by atoms with Crippen LogP contribution in [-0.2, 0) is 0 Å². The van der Waals surface area contributed by atoms with Gasteiger partial charge in [-0.05, 0) is 43.2 Å². The first-order valence-electron chi connectivity index (χ1n) is 7.20. The Labute approximate surface area is 129 Å². The van der Waals surface area contributed by atoms with Crippen molar-refractivity contribution in [3.63, 3.8) is 0 Å². The predicted octanol–water partition coefficient (Wildman–Crippen LogP) is 2.57. The Morgan fingerprint density at radius 3 is 2.45 bits per heavy atom. The molecule has 2 N–H and O–H groups in total. The number of aryl methyl sites for hydroxylation is 1. The molecule has 1 unspecified atom stereocenters. The summed E-state index contributed by atoms with van der Waals surface area (Å²) in [6, 6.07) is 10.6. The third-order valence-corrected chi connectivity index (χ3v) is 3.53. The van der Waals surface area contributed by atoms with E-state index in [4.69, 9.17) is 4.74 Å². The molecule has 1 aromatic heterocycles. The first-order chi connectivity index (χ1) is 10.5. The number of methoxy groups -OCH3 is 1. The van der Waals surface area contributed by atoms with Crippen LogP contribution in [-0.4, -0.2) is 18.0 Å². The van der Waals surface area contributed by atoms with Gasteiger partial charge in [-0.25, -0.2) is 0 Å². The van der Waals surface area contributed by atoms with Crippen LogP contribution in [0.15, 0.2) is 41.2 Å². The number of carbonyl (C=O) groups is 1. The molecule has 0 aliphatic heterocycles. The highest BCUT2D eigenvalue weighted by Crippen LogP contribution is 2.20. The second kappa shape index (κ2) is 6.93. The van der Waals surface area contributed by atoms with Crippen LogP contribution >= 0.6 is 0 Å². The van der Waals surface area contributed by atoms with Gasteiger partial charge in [-0.15, -0.1) is 0 Å². The summed E-state index contributed by atoms with van der Waals surface area (Å²) in [6.07, 6.45) is 0.724. The molecule has 0 fully saturated rings. The van der Waals surface area contributed by atoms with Crippen molar-refractivity contribution in [2.45, 2.75) is 26.3 Å². The zero-order valence-electron chi connectivity index (χ0n) is 13.0. The Hall–Kier alpha value is -2.56. The highest BCUT2D eigenvalue weighted by Gasteiger charge is 2.16. The SMILES string of the molecule is CCC(NC(=O)c1ccc(C)[nH]c1=O)c1ccc(OC)cc1. The first kappa shape index (κ1) is 15.8. The minimum atomic E-state index is -0.373. The number of aromatic amines is 1. The van der Waals surface area contributed by atoms with Crippen molar-refractivity contribution in [3.8, 4) is 5.75 Å². The Balaban J connectivity index is 2.18. The Morgan fingerprint density at radius 1 is 1.23 bits per heavy atom. The van der Waals surface area contributed by atoms with E-state index in [1.807, 2.05) is 31.2 Å². The van der Waals surface area contributed by atoms with E-state index in [-0.39, 0.29) is 23.1 Å². The fourth-order valence-corrected chi connectivity index (χ4v) is 2.24. The van der Waals surface area contributed by atoms with E-state index < -0.39 is 0 Å². The van der Waals surface area contributed by atoms with Crippen molar-refractivity contribution in [1.29, 1.82) is 0 Å². The molecule has 116 valence electrons. The second-order valence-electron chi connectivity index (χ2n) is 5.09. The molecule has 5 heteroatoms. The average molecular weight is 300 g/mol. The number of aromatic nitrogens is 1. The van der Waals surface area contributed by atoms with Crippen LogP contribution < -0.4 is 15.6 Å². The molecule has 0 radical (unpaired) electrons. The summed E-state index contributed by atoms with van der Waals surface area (Å²) in [7, 11) is 1.61. The van der Waals surface area contributed by atoms with Crippen molar-refractivity contribution < 1.29 is 9.53 Å². The Morgan fingerprint density at radius 2 is 1.91 bits per heavy atom. The minimum absolute atomic E-state index is 0.123. The zero-order valence-corrected chi connectivity index (χ0v) is 13.0. The monoisotopic (exact) mass is 300 g/mol. The largest absolute Gasteiger partial charge is 0.497 e. The van der Waals surface area contributed by atoms with Crippen molar-refractivity contribution in [2.24, 2.45) is 0 Å². The van der Waals surface area contributed by atoms with Gasteiger partial charge in [-0.3, -0.25) is 9.59 Å². The number of carbonyl (C=O) groups excluding carboxylic acids is 1. The quantitative estimate of drug-likeness (QED) is 0.891. The third kappa shape index (κ3) is 3.55. The number of pyridine rings is 1. The summed E-state index contributed by atoms with van der Waals surface area (Å²) in [5, 5.41) is 2.90. The number of ether oxygens (including phenoxy) is 1. The lowest BCUT2D eigenvalue weighted by Gasteiger charge is -2.17. The number of rotatable bonds is 5. The molecule has 2 aromatic rings. The van der Waals surface area contributed by atoms with Crippen molar-refractivity contribution in [2.75, 3.05) is 7.11 Å². The third-order valence-electron chi connectivity index (χ3n) is 3.53. The number of hydrogen-bond donors (Lipinski definition) is 2. The minimum Gasteiger partial charge on any atom is -0.497 e. The molecular weight excluding hydrogens is 280 g/mol. The second-order valence-corrected chi connectivity index (χ2v) is 5.09. The predicted molar refractivity (Wildman–Crippen MR) is 85.3 cm³/mol. The molecule has 5 nitrogen and oxygen atoms in total. The summed E-state index contributed by atoms with van der Waals surface area (Å²) in [4.78, 5) is 26.8. The van der Waals surface area contributed by atoms with Crippen molar-refractivity contribution in [3.05, 3.63) is 63.6 Å². The van der Waals surface area contributed by atoms with Gasteiger partial charge in [0.1, 0.15) is 11.3 Å². The van der Waals surface area contributed by atoms with E-state index in [2.05, 4.69) is 10.3 Å². The molecule has 0 spiro atoms. The van der Waals surface area contributed by atoms with Crippen LogP contribution in [0.1, 0.15) is 41.0 Å². The maximum atomic E-state index is 12.3. The topological polar surface area (TPSA) is 71.2 Å². The van der Waals surface area contributed by atoms with Crippen molar-refractivity contribution in [1.82, 2.24) is 10.3 Å². The van der Waals surface area contributed by atoms with E-state index in [0.29, 0.717) is 0 Å². The van der Waals surface area contributed by atoms with Gasteiger partial charge in [0.15, 0.2) is 0 Å². The average Bonchev–Trinajstić information content (AvgIpc) is 2.52. The van der Waals surface area contributed by atoms with E-state index in [1.165, 1.54) is 0 Å². The molecule has 0 aliphatic rings. The standard InChI is InChI=1S/C17H20N2O3/c1-4-15(12-6-8-13(22-3)9-7-12)19-17(21)14-10-5-11(2)18-16(14)20/h5-10,15H,4H2,1-3H3,(H,18,20)(H,19,21). The first-order valence-corrected chi connectivity index (χ1v) is 7.20. The Kier molecular flexibility index (Phi) is 4.99. The molecule has 1 amide bonds. The summed E-state index contributed by atoms with van der Waals surface area (Å²) >= 11 is 0. The molecule has 0 aliphatic carbocycles.